The quantitative estimate of drug-likeness (QED) is 0.682. The van der Waals surface area contributed by atoms with Crippen molar-refractivity contribution in [2.24, 2.45) is 0 Å². The molecule has 0 aliphatic rings. The highest BCUT2D eigenvalue weighted by Gasteiger charge is 2.29. The van der Waals surface area contributed by atoms with E-state index in [4.69, 9.17) is 0 Å². The molecule has 0 saturated heterocycles. The van der Waals surface area contributed by atoms with Crippen LogP contribution in [-0.4, -0.2) is 10.2 Å². The second kappa shape index (κ2) is 7.39. The molecule has 0 aromatic heterocycles. The average Bonchev–Trinajstić information content (AvgIpc) is 2.57. The van der Waals surface area contributed by atoms with E-state index in [1.807, 2.05) is 24.3 Å². The summed E-state index contributed by atoms with van der Waals surface area (Å²) in [7, 11) is 0. The van der Waals surface area contributed by atoms with Crippen LogP contribution in [0.25, 0.3) is 0 Å². The molecule has 2 nitrogen and oxygen atoms in total. The van der Waals surface area contributed by atoms with Gasteiger partial charge in [-0.05, 0) is 59.7 Å². The monoisotopic (exact) mass is 322 g/mol. The highest BCUT2D eigenvalue weighted by molar-refractivity contribution is 5.49. The average molecular weight is 322 g/mol. The molecule has 0 aliphatic heterocycles. The summed E-state index contributed by atoms with van der Waals surface area (Å²) in [4.78, 5) is 0. The zero-order chi connectivity index (χ0) is 17.7. The van der Waals surface area contributed by atoms with E-state index in [0.29, 0.717) is 18.6 Å². The number of allylic oxidation sites excluding steroid dienone is 2. The second-order valence-corrected chi connectivity index (χ2v) is 6.36. The van der Waals surface area contributed by atoms with Crippen molar-refractivity contribution in [3.05, 3.63) is 84.0 Å². The van der Waals surface area contributed by atoms with Crippen LogP contribution < -0.4 is 0 Å². The van der Waals surface area contributed by atoms with Crippen LogP contribution in [0, 0.1) is 0 Å². The van der Waals surface area contributed by atoms with Gasteiger partial charge in [0.25, 0.3) is 0 Å². The van der Waals surface area contributed by atoms with Gasteiger partial charge in [0.05, 0.1) is 0 Å². The van der Waals surface area contributed by atoms with Crippen molar-refractivity contribution >= 4 is 0 Å². The lowest BCUT2D eigenvalue weighted by atomic mass is 9.71. The van der Waals surface area contributed by atoms with Crippen LogP contribution in [-0.2, 0) is 18.3 Å². The van der Waals surface area contributed by atoms with Gasteiger partial charge in [-0.1, -0.05) is 44.2 Å². The number of phenolic OH excluding ortho intramolecular Hbond substituents is 2. The first-order valence-electron chi connectivity index (χ1n) is 8.32. The first-order valence-corrected chi connectivity index (χ1v) is 8.32. The molecule has 0 aliphatic carbocycles. The number of hydrogen-bond donors (Lipinski definition) is 2. The molecule has 2 heteroatoms. The van der Waals surface area contributed by atoms with E-state index in [9.17, 15) is 10.2 Å². The number of benzene rings is 2. The summed E-state index contributed by atoms with van der Waals surface area (Å²) in [5.41, 5.74) is 4.07. The van der Waals surface area contributed by atoms with Crippen molar-refractivity contribution in [1.82, 2.24) is 0 Å². The molecule has 2 aromatic carbocycles. The van der Waals surface area contributed by atoms with Crippen molar-refractivity contribution in [2.45, 2.75) is 38.5 Å². The highest BCUT2D eigenvalue weighted by Crippen LogP contribution is 2.40. The first kappa shape index (κ1) is 17.9. The molecule has 2 N–H and O–H groups in total. The number of rotatable bonds is 7. The van der Waals surface area contributed by atoms with Gasteiger partial charge in [-0.3, -0.25) is 0 Å². The number of aromatic hydroxyl groups is 2. The normalized spacial score (nSPS) is 13.2. The highest BCUT2D eigenvalue weighted by atomic mass is 16.3. The Balaban J connectivity index is 2.62. The van der Waals surface area contributed by atoms with Crippen molar-refractivity contribution in [1.29, 1.82) is 0 Å². The maximum Gasteiger partial charge on any atom is 0.119 e. The Hall–Kier alpha value is -2.48. The molecule has 1 unspecified atom stereocenters. The van der Waals surface area contributed by atoms with Gasteiger partial charge in [0.2, 0.25) is 0 Å². The molecule has 2 aromatic rings. The molecule has 0 radical (unpaired) electrons. The van der Waals surface area contributed by atoms with Gasteiger partial charge >= 0.3 is 0 Å². The maximum atomic E-state index is 10.1. The lowest BCUT2D eigenvalue weighted by Crippen LogP contribution is -2.24. The van der Waals surface area contributed by atoms with Crippen LogP contribution in [0.5, 0.6) is 11.5 Å². The summed E-state index contributed by atoms with van der Waals surface area (Å²) in [6.45, 7) is 12.0. The Morgan fingerprint density at radius 3 is 2.25 bits per heavy atom. The summed E-state index contributed by atoms with van der Waals surface area (Å²) in [6, 6.07) is 11.4. The van der Waals surface area contributed by atoms with Crippen LogP contribution >= 0.6 is 0 Å². The molecule has 0 amide bonds. The van der Waals surface area contributed by atoms with Gasteiger partial charge in [0, 0.05) is 5.41 Å². The van der Waals surface area contributed by atoms with Crippen LogP contribution in [0.4, 0.5) is 0 Å². The largest absolute Gasteiger partial charge is 0.508 e. The fourth-order valence-corrected chi connectivity index (χ4v) is 3.24. The molecule has 0 bridgehead atoms. The minimum Gasteiger partial charge on any atom is -0.508 e. The van der Waals surface area contributed by atoms with Crippen LogP contribution in [0.1, 0.15) is 42.5 Å². The van der Waals surface area contributed by atoms with E-state index in [1.165, 1.54) is 5.56 Å². The van der Waals surface area contributed by atoms with E-state index in [-0.39, 0.29) is 11.2 Å². The van der Waals surface area contributed by atoms with Crippen molar-refractivity contribution in [2.75, 3.05) is 0 Å². The fraction of sp³-hybridized carbons (Fsp3) is 0.273. The molecular weight excluding hydrogens is 296 g/mol. The molecular formula is C22H26O2. The lowest BCUT2D eigenvalue weighted by molar-refractivity contribution is 0.467. The Labute approximate surface area is 144 Å². The molecule has 0 heterocycles. The molecule has 0 saturated carbocycles. The predicted octanol–water partition coefficient (Wildman–Crippen LogP) is 5.27. The van der Waals surface area contributed by atoms with E-state index < -0.39 is 0 Å². The summed E-state index contributed by atoms with van der Waals surface area (Å²) < 4.78 is 0. The SMILES string of the molecule is C=CCc1cc(C(C)(CC)c2ccc(O)cc2CC=C)ccc1O. The summed E-state index contributed by atoms with van der Waals surface area (Å²) in [5.74, 6) is 0.571. The molecule has 1 atom stereocenters. The molecule has 0 fully saturated rings. The molecule has 2 rings (SSSR count). The summed E-state index contributed by atoms with van der Waals surface area (Å²) in [5, 5.41) is 19.9. The van der Waals surface area contributed by atoms with Gasteiger partial charge < -0.3 is 10.2 Å². The third kappa shape index (κ3) is 3.38. The first-order chi connectivity index (χ1) is 11.5. The van der Waals surface area contributed by atoms with Gasteiger partial charge in [-0.2, -0.15) is 0 Å². The summed E-state index contributed by atoms with van der Waals surface area (Å²) >= 11 is 0. The van der Waals surface area contributed by atoms with E-state index in [2.05, 4.69) is 33.1 Å². The third-order valence-corrected chi connectivity index (χ3v) is 4.84. The third-order valence-electron chi connectivity index (χ3n) is 4.84. The second-order valence-electron chi connectivity index (χ2n) is 6.36. The number of hydrogen-bond acceptors (Lipinski definition) is 2. The van der Waals surface area contributed by atoms with E-state index in [1.54, 1.807) is 18.2 Å². The van der Waals surface area contributed by atoms with E-state index in [0.717, 1.165) is 23.1 Å². The smallest absolute Gasteiger partial charge is 0.119 e. The summed E-state index contributed by atoms with van der Waals surface area (Å²) in [6.07, 6.45) is 5.89. The zero-order valence-electron chi connectivity index (χ0n) is 14.5. The maximum absolute atomic E-state index is 10.1. The van der Waals surface area contributed by atoms with Crippen LogP contribution in [0.15, 0.2) is 61.7 Å². The van der Waals surface area contributed by atoms with Crippen molar-refractivity contribution < 1.29 is 10.2 Å². The van der Waals surface area contributed by atoms with Crippen LogP contribution in [0.2, 0.25) is 0 Å². The molecule has 0 spiro atoms. The van der Waals surface area contributed by atoms with Gasteiger partial charge in [-0.15, -0.1) is 13.2 Å². The van der Waals surface area contributed by atoms with E-state index >= 15 is 0 Å². The Morgan fingerprint density at radius 2 is 1.62 bits per heavy atom. The Bertz CT molecular complexity index is 746. The lowest BCUT2D eigenvalue weighted by Gasteiger charge is -2.32. The Morgan fingerprint density at radius 1 is 0.958 bits per heavy atom. The van der Waals surface area contributed by atoms with Gasteiger partial charge in [-0.25, -0.2) is 0 Å². The minimum atomic E-state index is -0.213. The van der Waals surface area contributed by atoms with Crippen LogP contribution in [0.3, 0.4) is 0 Å². The number of phenols is 2. The topological polar surface area (TPSA) is 40.5 Å². The van der Waals surface area contributed by atoms with Crippen molar-refractivity contribution in [3.63, 3.8) is 0 Å². The predicted molar refractivity (Wildman–Crippen MR) is 101 cm³/mol. The molecule has 126 valence electrons. The van der Waals surface area contributed by atoms with Crippen molar-refractivity contribution in [3.8, 4) is 11.5 Å². The minimum absolute atomic E-state index is 0.213. The zero-order valence-corrected chi connectivity index (χ0v) is 14.5. The van der Waals surface area contributed by atoms with Gasteiger partial charge in [0.15, 0.2) is 0 Å². The Kier molecular flexibility index (Phi) is 5.50. The standard InChI is InChI=1S/C22H26O2/c1-5-8-16-15-19(23)11-12-20(16)22(4,7-3)18-10-13-21(24)17(14-18)9-6-2/h5-6,10-15,23-24H,1-2,7-9H2,3-4H3. The van der Waals surface area contributed by atoms with Gasteiger partial charge in [0.1, 0.15) is 11.5 Å². The fourth-order valence-electron chi connectivity index (χ4n) is 3.24. The molecule has 24 heavy (non-hydrogen) atoms.